The van der Waals surface area contributed by atoms with Gasteiger partial charge in [-0.15, -0.1) is 0 Å². The second-order valence-corrected chi connectivity index (χ2v) is 6.81. The third-order valence-corrected chi connectivity index (χ3v) is 5.08. The molecule has 0 radical (unpaired) electrons. The van der Waals surface area contributed by atoms with Crippen LogP contribution in [0.5, 0.6) is 0 Å². The number of benzene rings is 1. The number of hydrogen-bond donors (Lipinski definition) is 1. The summed E-state index contributed by atoms with van der Waals surface area (Å²) in [5.74, 6) is -0.565. The molecule has 0 atom stereocenters. The van der Waals surface area contributed by atoms with E-state index < -0.39 is 10.8 Å². The standard InChI is InChI=1S/C17H17N3O4S/c21-16(14-8-9-15(25-14)20(23)24)18-13-7-3-2-6-12(13)17(22)19-10-4-1-5-11-19/h2-3,6-9H,1,4-5,10-11H2,(H,18,21). The molecule has 1 fully saturated rings. The van der Waals surface area contributed by atoms with Gasteiger partial charge in [0.05, 0.1) is 21.1 Å². The van der Waals surface area contributed by atoms with Gasteiger partial charge in [-0.05, 0) is 37.5 Å². The van der Waals surface area contributed by atoms with Crippen molar-refractivity contribution >= 4 is 33.8 Å². The Morgan fingerprint density at radius 2 is 1.80 bits per heavy atom. The molecule has 130 valence electrons. The average molecular weight is 359 g/mol. The lowest BCUT2D eigenvalue weighted by atomic mass is 10.1. The number of nitrogens with zero attached hydrogens (tertiary/aromatic N) is 2. The number of likely N-dealkylation sites (tertiary alicyclic amines) is 1. The second kappa shape index (κ2) is 7.43. The number of nitro groups is 1. The molecule has 25 heavy (non-hydrogen) atoms. The van der Waals surface area contributed by atoms with Gasteiger partial charge in [0.2, 0.25) is 0 Å². The molecular weight excluding hydrogens is 342 g/mol. The van der Waals surface area contributed by atoms with Gasteiger partial charge in [-0.25, -0.2) is 0 Å². The summed E-state index contributed by atoms with van der Waals surface area (Å²) in [5, 5.41) is 13.4. The molecule has 1 N–H and O–H groups in total. The van der Waals surface area contributed by atoms with Crippen LogP contribution in [-0.2, 0) is 0 Å². The molecule has 2 heterocycles. The highest BCUT2D eigenvalue weighted by Gasteiger charge is 2.22. The summed E-state index contributed by atoms with van der Waals surface area (Å²) in [4.78, 5) is 37.3. The monoisotopic (exact) mass is 359 g/mol. The van der Waals surface area contributed by atoms with E-state index in [1.807, 2.05) is 0 Å². The van der Waals surface area contributed by atoms with Crippen LogP contribution in [0.3, 0.4) is 0 Å². The minimum absolute atomic E-state index is 0.0946. The van der Waals surface area contributed by atoms with Gasteiger partial charge in [0.1, 0.15) is 0 Å². The van der Waals surface area contributed by atoms with Crippen molar-refractivity contribution in [1.29, 1.82) is 0 Å². The highest BCUT2D eigenvalue weighted by atomic mass is 32.1. The second-order valence-electron chi connectivity index (χ2n) is 5.75. The highest BCUT2D eigenvalue weighted by Crippen LogP contribution is 2.26. The van der Waals surface area contributed by atoms with Crippen LogP contribution in [0.1, 0.15) is 39.3 Å². The molecule has 1 aliphatic rings. The maximum Gasteiger partial charge on any atom is 0.324 e. The van der Waals surface area contributed by atoms with Crippen LogP contribution in [0, 0.1) is 10.1 Å². The summed E-state index contributed by atoms with van der Waals surface area (Å²) in [6.45, 7) is 1.44. The van der Waals surface area contributed by atoms with Crippen molar-refractivity contribution in [1.82, 2.24) is 4.90 Å². The molecule has 0 spiro atoms. The molecule has 0 aliphatic carbocycles. The minimum atomic E-state index is -0.532. The van der Waals surface area contributed by atoms with Gasteiger partial charge < -0.3 is 10.2 Å². The van der Waals surface area contributed by atoms with E-state index >= 15 is 0 Å². The van der Waals surface area contributed by atoms with E-state index in [9.17, 15) is 19.7 Å². The van der Waals surface area contributed by atoms with Gasteiger partial charge >= 0.3 is 5.00 Å². The van der Waals surface area contributed by atoms with E-state index in [0.29, 0.717) is 11.3 Å². The highest BCUT2D eigenvalue weighted by molar-refractivity contribution is 7.17. The molecule has 0 unspecified atom stereocenters. The van der Waals surface area contributed by atoms with E-state index in [-0.39, 0.29) is 15.8 Å². The topological polar surface area (TPSA) is 92.6 Å². The Labute approximate surface area is 148 Å². The van der Waals surface area contributed by atoms with Crippen LogP contribution in [0.25, 0.3) is 0 Å². The van der Waals surface area contributed by atoms with Gasteiger partial charge in [0, 0.05) is 19.2 Å². The maximum absolute atomic E-state index is 12.7. The van der Waals surface area contributed by atoms with E-state index in [0.717, 1.165) is 43.7 Å². The van der Waals surface area contributed by atoms with Crippen LogP contribution in [0.4, 0.5) is 10.7 Å². The summed E-state index contributed by atoms with van der Waals surface area (Å²) in [6.07, 6.45) is 3.09. The third kappa shape index (κ3) is 3.85. The van der Waals surface area contributed by atoms with Gasteiger partial charge in [0.15, 0.2) is 0 Å². The van der Waals surface area contributed by atoms with Crippen LogP contribution < -0.4 is 5.32 Å². The quantitative estimate of drug-likeness (QED) is 0.667. The first-order valence-electron chi connectivity index (χ1n) is 8.00. The van der Waals surface area contributed by atoms with Crippen LogP contribution in [0.15, 0.2) is 36.4 Å². The van der Waals surface area contributed by atoms with Crippen LogP contribution >= 0.6 is 11.3 Å². The molecule has 2 amide bonds. The Morgan fingerprint density at radius 3 is 2.48 bits per heavy atom. The number of amides is 2. The zero-order valence-corrected chi connectivity index (χ0v) is 14.3. The number of piperidine rings is 1. The number of hydrogen-bond acceptors (Lipinski definition) is 5. The average Bonchev–Trinajstić information content (AvgIpc) is 3.13. The minimum Gasteiger partial charge on any atom is -0.339 e. The first-order valence-corrected chi connectivity index (χ1v) is 8.82. The molecule has 3 rings (SSSR count). The zero-order valence-electron chi connectivity index (χ0n) is 13.4. The fraction of sp³-hybridized carbons (Fsp3) is 0.294. The van der Waals surface area contributed by atoms with E-state index in [4.69, 9.17) is 0 Å². The summed E-state index contributed by atoms with van der Waals surface area (Å²) >= 11 is 0.804. The molecule has 0 saturated carbocycles. The number of rotatable bonds is 4. The number of anilines is 1. The van der Waals surface area contributed by atoms with Crippen molar-refractivity contribution in [2.45, 2.75) is 19.3 Å². The van der Waals surface area contributed by atoms with Gasteiger partial charge in [-0.1, -0.05) is 23.5 Å². The molecule has 1 aromatic carbocycles. The van der Waals surface area contributed by atoms with Crippen LogP contribution in [-0.4, -0.2) is 34.7 Å². The number of para-hydroxylation sites is 1. The molecule has 2 aromatic rings. The largest absolute Gasteiger partial charge is 0.339 e. The summed E-state index contributed by atoms with van der Waals surface area (Å²) < 4.78 is 0. The number of thiophene rings is 1. The first-order chi connectivity index (χ1) is 12.1. The van der Waals surface area contributed by atoms with Crippen molar-refractivity contribution in [2.24, 2.45) is 0 Å². The fourth-order valence-corrected chi connectivity index (χ4v) is 3.49. The summed E-state index contributed by atoms with van der Waals surface area (Å²) in [7, 11) is 0. The predicted octanol–water partition coefficient (Wildman–Crippen LogP) is 3.53. The number of nitrogens with one attached hydrogen (secondary N) is 1. The van der Waals surface area contributed by atoms with E-state index in [1.54, 1.807) is 29.2 Å². The molecule has 7 nitrogen and oxygen atoms in total. The molecule has 0 bridgehead atoms. The van der Waals surface area contributed by atoms with Gasteiger partial charge in [-0.2, -0.15) is 0 Å². The normalized spacial score (nSPS) is 14.2. The number of carbonyl (C=O) groups excluding carboxylic acids is 2. The predicted molar refractivity (Wildman–Crippen MR) is 95.1 cm³/mol. The van der Waals surface area contributed by atoms with Crippen molar-refractivity contribution in [3.8, 4) is 0 Å². The summed E-state index contributed by atoms with van der Waals surface area (Å²) in [6, 6.07) is 9.54. The molecule has 1 aliphatic heterocycles. The van der Waals surface area contributed by atoms with Crippen molar-refractivity contribution in [3.63, 3.8) is 0 Å². The lowest BCUT2D eigenvalue weighted by Crippen LogP contribution is -2.36. The lowest BCUT2D eigenvalue weighted by Gasteiger charge is -2.27. The van der Waals surface area contributed by atoms with Gasteiger partial charge in [-0.3, -0.25) is 19.7 Å². The van der Waals surface area contributed by atoms with E-state index in [1.165, 1.54) is 12.1 Å². The van der Waals surface area contributed by atoms with E-state index in [2.05, 4.69) is 5.32 Å². The maximum atomic E-state index is 12.7. The number of carbonyl (C=O) groups is 2. The Morgan fingerprint density at radius 1 is 1.08 bits per heavy atom. The Bertz CT molecular complexity index is 812. The lowest BCUT2D eigenvalue weighted by molar-refractivity contribution is -0.380. The SMILES string of the molecule is O=C(Nc1ccccc1C(=O)N1CCCCC1)c1ccc([N+](=O)[O-])s1. The fourth-order valence-electron chi connectivity index (χ4n) is 2.78. The molecule has 1 saturated heterocycles. The third-order valence-electron chi connectivity index (χ3n) is 4.04. The van der Waals surface area contributed by atoms with Crippen LogP contribution in [0.2, 0.25) is 0 Å². The Kier molecular flexibility index (Phi) is 5.08. The van der Waals surface area contributed by atoms with Crippen molar-refractivity contribution in [2.75, 3.05) is 18.4 Å². The van der Waals surface area contributed by atoms with Gasteiger partial charge in [0.25, 0.3) is 11.8 Å². The molecule has 1 aromatic heterocycles. The van der Waals surface area contributed by atoms with Crippen molar-refractivity contribution < 1.29 is 14.5 Å². The van der Waals surface area contributed by atoms with Crippen molar-refractivity contribution in [3.05, 3.63) is 57.0 Å². The molecular formula is C17H17N3O4S. The first kappa shape index (κ1) is 17.1. The zero-order chi connectivity index (χ0) is 17.8. The Hall–Kier alpha value is -2.74. The smallest absolute Gasteiger partial charge is 0.324 e. The molecule has 8 heteroatoms. The summed E-state index contributed by atoms with van der Waals surface area (Å²) in [5.41, 5.74) is 0.850. The Balaban J connectivity index is 1.79.